The fraction of sp³-hybridized carbons (Fsp3) is 0.762. The van der Waals surface area contributed by atoms with E-state index in [1.54, 1.807) is 0 Å². The summed E-state index contributed by atoms with van der Waals surface area (Å²) in [6.07, 6.45) is 13.4. The van der Waals surface area contributed by atoms with Crippen molar-refractivity contribution in [2.75, 3.05) is 19.6 Å². The molecule has 0 radical (unpaired) electrons. The lowest BCUT2D eigenvalue weighted by atomic mass is 9.61. The second-order valence-electron chi connectivity index (χ2n) is 7.70. The first-order valence-corrected chi connectivity index (χ1v) is 9.65. The summed E-state index contributed by atoms with van der Waals surface area (Å²) < 4.78 is 0. The molecule has 0 aromatic heterocycles. The number of piperidine rings is 1. The molecule has 2 unspecified atom stereocenters. The third-order valence-electron chi connectivity index (χ3n) is 5.94. The van der Waals surface area contributed by atoms with Gasteiger partial charge in [-0.25, -0.2) is 0 Å². The average Bonchev–Trinajstić information content (AvgIpc) is 2.56. The molecule has 2 heteroatoms. The summed E-state index contributed by atoms with van der Waals surface area (Å²) in [7, 11) is 0. The Balaban J connectivity index is 2.18. The molecular formula is C21H35NO. The first-order chi connectivity index (χ1) is 11.0. The van der Waals surface area contributed by atoms with Gasteiger partial charge in [0.25, 0.3) is 0 Å². The molecule has 1 fully saturated rings. The highest BCUT2D eigenvalue weighted by Crippen LogP contribution is 2.46. The Morgan fingerprint density at radius 1 is 1.30 bits per heavy atom. The first kappa shape index (κ1) is 18.4. The molecule has 2 atom stereocenters. The van der Waals surface area contributed by atoms with E-state index in [1.807, 2.05) is 0 Å². The molecule has 1 aliphatic heterocycles. The largest absolute Gasteiger partial charge is 0.303 e. The van der Waals surface area contributed by atoms with Crippen molar-refractivity contribution in [2.45, 2.75) is 66.2 Å². The zero-order chi connectivity index (χ0) is 16.9. The van der Waals surface area contributed by atoms with E-state index in [0.717, 1.165) is 45.2 Å². The van der Waals surface area contributed by atoms with Gasteiger partial charge in [0, 0.05) is 11.3 Å². The molecule has 0 bridgehead atoms. The van der Waals surface area contributed by atoms with Crippen molar-refractivity contribution in [3.8, 4) is 0 Å². The number of carbonyl (C=O) groups is 1. The molecule has 23 heavy (non-hydrogen) atoms. The fourth-order valence-corrected chi connectivity index (χ4v) is 4.48. The van der Waals surface area contributed by atoms with Gasteiger partial charge in [0.1, 0.15) is 5.78 Å². The highest BCUT2D eigenvalue weighted by atomic mass is 16.1. The van der Waals surface area contributed by atoms with E-state index in [9.17, 15) is 4.79 Å². The van der Waals surface area contributed by atoms with Crippen molar-refractivity contribution in [3.05, 3.63) is 23.8 Å². The second kappa shape index (κ2) is 8.28. The van der Waals surface area contributed by atoms with Crippen LogP contribution in [0.25, 0.3) is 0 Å². The van der Waals surface area contributed by atoms with Crippen molar-refractivity contribution < 1.29 is 4.79 Å². The molecule has 1 aliphatic carbocycles. The van der Waals surface area contributed by atoms with Gasteiger partial charge in [-0.2, -0.15) is 0 Å². The second-order valence-corrected chi connectivity index (χ2v) is 7.70. The van der Waals surface area contributed by atoms with Gasteiger partial charge in [0.15, 0.2) is 0 Å². The number of allylic oxidation sites excluding steroid dienone is 4. The number of hydrogen-bond acceptors (Lipinski definition) is 2. The first-order valence-electron chi connectivity index (χ1n) is 9.65. The summed E-state index contributed by atoms with van der Waals surface area (Å²) in [5, 5.41) is 0. The smallest absolute Gasteiger partial charge is 0.142 e. The Hall–Kier alpha value is -0.890. The Labute approximate surface area is 143 Å². The Morgan fingerprint density at radius 3 is 2.52 bits per heavy atom. The molecule has 130 valence electrons. The lowest BCUT2D eigenvalue weighted by molar-refractivity contribution is -0.138. The maximum Gasteiger partial charge on any atom is 0.142 e. The molecule has 0 N–H and O–H groups in total. The highest BCUT2D eigenvalue weighted by Gasteiger charge is 2.47. The van der Waals surface area contributed by atoms with Crippen LogP contribution >= 0.6 is 0 Å². The zero-order valence-electron chi connectivity index (χ0n) is 15.6. The van der Waals surface area contributed by atoms with Crippen LogP contribution in [0.15, 0.2) is 23.8 Å². The van der Waals surface area contributed by atoms with Gasteiger partial charge in [-0.1, -0.05) is 51.0 Å². The van der Waals surface area contributed by atoms with Crippen LogP contribution in [0.5, 0.6) is 0 Å². The quantitative estimate of drug-likeness (QED) is 0.658. The normalized spacial score (nSPS) is 25.9. The number of rotatable bonds is 7. The minimum atomic E-state index is -0.119. The van der Waals surface area contributed by atoms with Gasteiger partial charge in [0.2, 0.25) is 0 Å². The Morgan fingerprint density at radius 2 is 2.00 bits per heavy atom. The van der Waals surface area contributed by atoms with Crippen LogP contribution in [-0.2, 0) is 4.79 Å². The van der Waals surface area contributed by atoms with Crippen molar-refractivity contribution in [1.82, 2.24) is 4.90 Å². The molecule has 2 aliphatic rings. The van der Waals surface area contributed by atoms with Crippen LogP contribution in [0.1, 0.15) is 66.2 Å². The summed E-state index contributed by atoms with van der Waals surface area (Å²) in [5.41, 5.74) is 1.22. The molecule has 0 aromatic carbocycles. The van der Waals surface area contributed by atoms with Crippen LogP contribution in [0.3, 0.4) is 0 Å². The highest BCUT2D eigenvalue weighted by molar-refractivity contribution is 5.87. The standard InChI is InChI=1S/C21H35NO/c1-5-7-18(4)20(23)21(19-10-8-17(3)9-11-19)12-15-22(14-6-2)16-13-21/h8-10,18-19H,5-7,11-16H2,1-4H3. The van der Waals surface area contributed by atoms with Gasteiger partial charge >= 0.3 is 0 Å². The van der Waals surface area contributed by atoms with Crippen molar-refractivity contribution in [3.63, 3.8) is 0 Å². The molecular weight excluding hydrogens is 282 g/mol. The minimum absolute atomic E-state index is 0.119. The molecule has 2 rings (SSSR count). The maximum absolute atomic E-state index is 13.4. The Bertz CT molecular complexity index is 454. The van der Waals surface area contributed by atoms with Crippen LogP contribution in [0.2, 0.25) is 0 Å². The molecule has 0 aromatic rings. The van der Waals surface area contributed by atoms with Gasteiger partial charge < -0.3 is 4.90 Å². The van der Waals surface area contributed by atoms with E-state index in [0.29, 0.717) is 11.7 Å². The summed E-state index contributed by atoms with van der Waals surface area (Å²) in [4.78, 5) is 15.9. The molecule has 0 saturated carbocycles. The van der Waals surface area contributed by atoms with Gasteiger partial charge in [-0.05, 0) is 64.6 Å². The van der Waals surface area contributed by atoms with E-state index in [1.165, 1.54) is 18.5 Å². The van der Waals surface area contributed by atoms with E-state index < -0.39 is 0 Å². The average molecular weight is 318 g/mol. The number of likely N-dealkylation sites (tertiary alicyclic amines) is 1. The lowest BCUT2D eigenvalue weighted by Crippen LogP contribution is -2.50. The molecule has 0 spiro atoms. The Kier molecular flexibility index (Phi) is 6.64. The molecule has 2 nitrogen and oxygen atoms in total. The number of hydrogen-bond donors (Lipinski definition) is 0. The van der Waals surface area contributed by atoms with Crippen LogP contribution < -0.4 is 0 Å². The van der Waals surface area contributed by atoms with Crippen LogP contribution in [-0.4, -0.2) is 30.3 Å². The third-order valence-corrected chi connectivity index (χ3v) is 5.94. The number of carbonyl (C=O) groups excluding carboxylic acids is 1. The van der Waals surface area contributed by atoms with Crippen LogP contribution in [0, 0.1) is 17.3 Å². The predicted octanol–water partition coefficient (Wildman–Crippen LogP) is 5.01. The van der Waals surface area contributed by atoms with Gasteiger partial charge in [-0.3, -0.25) is 4.79 Å². The molecule has 0 amide bonds. The monoisotopic (exact) mass is 317 g/mol. The van der Waals surface area contributed by atoms with E-state index in [4.69, 9.17) is 0 Å². The van der Waals surface area contributed by atoms with Crippen LogP contribution in [0.4, 0.5) is 0 Å². The third kappa shape index (κ3) is 4.15. The summed E-state index contributed by atoms with van der Waals surface area (Å²) in [6, 6.07) is 0. The van der Waals surface area contributed by atoms with E-state index in [2.05, 4.69) is 50.8 Å². The molecule has 1 saturated heterocycles. The predicted molar refractivity (Wildman–Crippen MR) is 98.5 cm³/mol. The zero-order valence-corrected chi connectivity index (χ0v) is 15.6. The van der Waals surface area contributed by atoms with E-state index in [-0.39, 0.29) is 11.3 Å². The topological polar surface area (TPSA) is 20.3 Å². The maximum atomic E-state index is 13.4. The summed E-state index contributed by atoms with van der Waals surface area (Å²) in [5.74, 6) is 1.15. The number of Topliss-reactive ketones (excluding diaryl/α,β-unsaturated/α-hetero) is 1. The van der Waals surface area contributed by atoms with Crippen molar-refractivity contribution in [1.29, 1.82) is 0 Å². The number of nitrogens with zero attached hydrogens (tertiary/aromatic N) is 1. The van der Waals surface area contributed by atoms with Gasteiger partial charge in [-0.15, -0.1) is 0 Å². The SMILES string of the molecule is CCCC(C)C(=O)C1(C2C=CC(C)=CC2)CCN(CCC)CC1. The lowest BCUT2D eigenvalue weighted by Gasteiger charge is -2.46. The van der Waals surface area contributed by atoms with Crippen molar-refractivity contribution in [2.24, 2.45) is 17.3 Å². The van der Waals surface area contributed by atoms with E-state index >= 15 is 0 Å². The summed E-state index contributed by atoms with van der Waals surface area (Å²) in [6.45, 7) is 12.1. The fourth-order valence-electron chi connectivity index (χ4n) is 4.48. The van der Waals surface area contributed by atoms with Crippen molar-refractivity contribution >= 4 is 5.78 Å². The molecule has 1 heterocycles. The summed E-state index contributed by atoms with van der Waals surface area (Å²) >= 11 is 0. The van der Waals surface area contributed by atoms with Gasteiger partial charge in [0.05, 0.1) is 0 Å². The number of ketones is 1. The minimum Gasteiger partial charge on any atom is -0.303 e.